The summed E-state index contributed by atoms with van der Waals surface area (Å²) in [5.41, 5.74) is 2.86. The first-order chi connectivity index (χ1) is 9.83. The molecule has 0 aliphatic heterocycles. The number of hydrogen-bond donors (Lipinski definition) is 1. The molecule has 0 radical (unpaired) electrons. The van der Waals surface area contributed by atoms with Gasteiger partial charge in [-0.25, -0.2) is 0 Å². The minimum atomic E-state index is -0.103. The molecule has 3 rings (SSSR count). The highest BCUT2D eigenvalue weighted by Gasteiger charge is 2.29. The molecule has 1 nitrogen and oxygen atoms in total. The Hall–Kier alpha value is -1.12. The molecule has 1 N–H and O–H groups in total. The van der Waals surface area contributed by atoms with Gasteiger partial charge in [-0.15, -0.1) is 0 Å². The summed E-state index contributed by atoms with van der Waals surface area (Å²) >= 11 is 1.76. The van der Waals surface area contributed by atoms with Crippen molar-refractivity contribution < 1.29 is 5.11 Å². The van der Waals surface area contributed by atoms with Crippen LogP contribution in [0.4, 0.5) is 0 Å². The van der Waals surface area contributed by atoms with Crippen LogP contribution in [-0.4, -0.2) is 11.2 Å². The van der Waals surface area contributed by atoms with E-state index in [0.29, 0.717) is 11.8 Å². The van der Waals surface area contributed by atoms with Crippen LogP contribution in [0.1, 0.15) is 42.7 Å². The molecule has 3 unspecified atom stereocenters. The van der Waals surface area contributed by atoms with Crippen molar-refractivity contribution in [3.63, 3.8) is 0 Å². The molecule has 2 aromatic rings. The average Bonchev–Trinajstić information content (AvgIpc) is 3.01. The molecule has 0 bridgehead atoms. The molecule has 1 aliphatic rings. The molecule has 1 heterocycles. The zero-order chi connectivity index (χ0) is 13.8. The van der Waals surface area contributed by atoms with Crippen LogP contribution in [0.25, 0.3) is 0 Å². The van der Waals surface area contributed by atoms with Crippen LogP contribution in [0.3, 0.4) is 0 Å². The van der Waals surface area contributed by atoms with E-state index < -0.39 is 0 Å². The van der Waals surface area contributed by atoms with Gasteiger partial charge in [0.25, 0.3) is 0 Å². The minimum absolute atomic E-state index is 0.103. The van der Waals surface area contributed by atoms with E-state index >= 15 is 0 Å². The van der Waals surface area contributed by atoms with Gasteiger partial charge in [-0.2, -0.15) is 11.3 Å². The average molecular weight is 286 g/mol. The van der Waals surface area contributed by atoms with E-state index in [4.69, 9.17) is 0 Å². The van der Waals surface area contributed by atoms with Gasteiger partial charge in [0.2, 0.25) is 0 Å². The third kappa shape index (κ3) is 3.31. The highest BCUT2D eigenvalue weighted by molar-refractivity contribution is 7.07. The van der Waals surface area contributed by atoms with Crippen molar-refractivity contribution in [2.75, 3.05) is 0 Å². The third-order valence-corrected chi connectivity index (χ3v) is 5.33. The van der Waals surface area contributed by atoms with E-state index in [2.05, 4.69) is 47.2 Å². The second-order valence-electron chi connectivity index (χ2n) is 5.92. The van der Waals surface area contributed by atoms with Crippen LogP contribution in [0, 0.1) is 5.92 Å². The molecule has 3 atom stereocenters. The quantitative estimate of drug-likeness (QED) is 0.869. The Morgan fingerprint density at radius 2 is 1.95 bits per heavy atom. The van der Waals surface area contributed by atoms with Gasteiger partial charge in [0, 0.05) is 0 Å². The molecule has 20 heavy (non-hydrogen) atoms. The summed E-state index contributed by atoms with van der Waals surface area (Å²) in [6, 6.07) is 13.0. The van der Waals surface area contributed by atoms with E-state index in [0.717, 1.165) is 32.1 Å². The summed E-state index contributed by atoms with van der Waals surface area (Å²) in [4.78, 5) is 0. The zero-order valence-electron chi connectivity index (χ0n) is 11.7. The van der Waals surface area contributed by atoms with Gasteiger partial charge in [-0.1, -0.05) is 30.3 Å². The summed E-state index contributed by atoms with van der Waals surface area (Å²) in [6.45, 7) is 0. The van der Waals surface area contributed by atoms with Crippen molar-refractivity contribution in [2.24, 2.45) is 5.92 Å². The van der Waals surface area contributed by atoms with Gasteiger partial charge >= 0.3 is 0 Å². The topological polar surface area (TPSA) is 20.2 Å². The Morgan fingerprint density at radius 1 is 1.10 bits per heavy atom. The van der Waals surface area contributed by atoms with E-state index in [1.165, 1.54) is 11.1 Å². The normalized spacial score (nSPS) is 26.6. The molecule has 0 amide bonds. The molecule has 1 saturated carbocycles. The second kappa shape index (κ2) is 6.55. The lowest BCUT2D eigenvalue weighted by Crippen LogP contribution is -2.28. The Morgan fingerprint density at radius 3 is 2.70 bits per heavy atom. The monoisotopic (exact) mass is 286 g/mol. The zero-order valence-corrected chi connectivity index (χ0v) is 12.6. The number of benzene rings is 1. The molecule has 0 saturated heterocycles. The Kier molecular flexibility index (Phi) is 4.54. The molecule has 1 fully saturated rings. The van der Waals surface area contributed by atoms with Gasteiger partial charge in [-0.05, 0) is 71.9 Å². The molecule has 1 aromatic heterocycles. The summed E-state index contributed by atoms with van der Waals surface area (Å²) < 4.78 is 0. The van der Waals surface area contributed by atoms with Crippen molar-refractivity contribution in [3.05, 3.63) is 58.3 Å². The Labute approximate surface area is 125 Å². The van der Waals surface area contributed by atoms with E-state index in [-0.39, 0.29) is 6.10 Å². The van der Waals surface area contributed by atoms with Crippen molar-refractivity contribution in [1.29, 1.82) is 0 Å². The predicted octanol–water partition coefficient (Wildman–Crippen LogP) is 4.63. The maximum Gasteiger partial charge on any atom is 0.0568 e. The first kappa shape index (κ1) is 13.8. The molecule has 2 heteroatoms. The van der Waals surface area contributed by atoms with Crippen LogP contribution in [0.15, 0.2) is 47.2 Å². The smallest absolute Gasteiger partial charge is 0.0568 e. The molecule has 0 spiro atoms. The van der Waals surface area contributed by atoms with E-state index in [1.807, 2.05) is 0 Å². The molecular weight excluding hydrogens is 264 g/mol. The fraction of sp³-hybridized carbons (Fsp3) is 0.444. The van der Waals surface area contributed by atoms with Gasteiger partial charge in [-0.3, -0.25) is 0 Å². The van der Waals surface area contributed by atoms with Crippen LogP contribution in [0.5, 0.6) is 0 Å². The summed E-state index contributed by atoms with van der Waals surface area (Å²) in [5.74, 6) is 1.08. The van der Waals surface area contributed by atoms with Crippen LogP contribution in [0.2, 0.25) is 0 Å². The van der Waals surface area contributed by atoms with Gasteiger partial charge in [0.05, 0.1) is 6.10 Å². The van der Waals surface area contributed by atoms with Crippen LogP contribution >= 0.6 is 11.3 Å². The maximum absolute atomic E-state index is 10.3. The van der Waals surface area contributed by atoms with Gasteiger partial charge in [0.15, 0.2) is 0 Å². The van der Waals surface area contributed by atoms with Crippen LogP contribution < -0.4 is 0 Å². The van der Waals surface area contributed by atoms with E-state index in [9.17, 15) is 5.11 Å². The lowest BCUT2D eigenvalue weighted by Gasteiger charge is -2.33. The highest BCUT2D eigenvalue weighted by atomic mass is 32.1. The molecule has 106 valence electrons. The van der Waals surface area contributed by atoms with Crippen molar-refractivity contribution in [1.82, 2.24) is 0 Å². The predicted molar refractivity (Wildman–Crippen MR) is 85.2 cm³/mol. The van der Waals surface area contributed by atoms with Gasteiger partial charge < -0.3 is 5.11 Å². The lowest BCUT2D eigenvalue weighted by atomic mass is 9.74. The summed E-state index contributed by atoms with van der Waals surface area (Å²) in [7, 11) is 0. The van der Waals surface area contributed by atoms with Crippen molar-refractivity contribution in [2.45, 2.75) is 44.1 Å². The fourth-order valence-electron chi connectivity index (χ4n) is 3.37. The second-order valence-corrected chi connectivity index (χ2v) is 6.70. The van der Waals surface area contributed by atoms with Crippen LogP contribution in [-0.2, 0) is 6.42 Å². The first-order valence-corrected chi connectivity index (χ1v) is 8.51. The fourth-order valence-corrected chi connectivity index (χ4v) is 4.08. The lowest BCUT2D eigenvalue weighted by molar-refractivity contribution is 0.0575. The van der Waals surface area contributed by atoms with Crippen molar-refractivity contribution in [3.8, 4) is 0 Å². The Balaban J connectivity index is 1.61. The number of rotatable bonds is 4. The maximum atomic E-state index is 10.3. The molecule has 1 aromatic carbocycles. The highest BCUT2D eigenvalue weighted by Crippen LogP contribution is 2.38. The van der Waals surface area contributed by atoms with E-state index in [1.54, 1.807) is 11.3 Å². The standard InChI is InChI=1S/C18H22OS/c19-18-9-8-16(15-4-2-1-3-5-15)12-17(18)7-6-14-10-11-20-13-14/h1-5,10-11,13,16-19H,6-9,12H2. The minimum Gasteiger partial charge on any atom is -0.393 e. The molecule has 1 aliphatic carbocycles. The number of hydrogen-bond acceptors (Lipinski definition) is 2. The molecular formula is C18H22OS. The third-order valence-electron chi connectivity index (χ3n) is 4.60. The number of aliphatic hydroxyl groups is 1. The number of aliphatic hydroxyl groups excluding tert-OH is 1. The summed E-state index contributed by atoms with van der Waals surface area (Å²) in [5, 5.41) is 14.6. The number of aryl methyl sites for hydroxylation is 1. The number of thiophene rings is 1. The van der Waals surface area contributed by atoms with Gasteiger partial charge in [0.1, 0.15) is 0 Å². The first-order valence-electron chi connectivity index (χ1n) is 7.57. The summed E-state index contributed by atoms with van der Waals surface area (Å²) in [6.07, 6.45) is 5.32. The Bertz CT molecular complexity index is 505. The largest absolute Gasteiger partial charge is 0.393 e. The van der Waals surface area contributed by atoms with Crippen molar-refractivity contribution >= 4 is 11.3 Å². The SMILES string of the molecule is OC1CCC(c2ccccc2)CC1CCc1ccsc1.